The van der Waals surface area contributed by atoms with Crippen LogP contribution in [0.4, 0.5) is 4.39 Å². The Hall–Kier alpha value is -1.51. The number of rotatable bonds is 4. The summed E-state index contributed by atoms with van der Waals surface area (Å²) in [5, 5.41) is 11.5. The summed E-state index contributed by atoms with van der Waals surface area (Å²) in [5.74, 6) is 4.07. The summed E-state index contributed by atoms with van der Waals surface area (Å²) >= 11 is 1.78. The molecular weight excluding hydrogens is 289 g/mol. The maximum Gasteiger partial charge on any atom is 0.251 e. The van der Waals surface area contributed by atoms with Crippen molar-refractivity contribution in [3.8, 4) is 11.8 Å². The number of hydrogen-bond donors (Lipinski definition) is 2. The number of halogens is 1. The van der Waals surface area contributed by atoms with Crippen molar-refractivity contribution >= 4 is 17.7 Å². The quantitative estimate of drug-likeness (QED) is 0.838. The number of hydrogen-bond acceptors (Lipinski definition) is 3. The molecule has 0 aromatic heterocycles. The first-order chi connectivity index (χ1) is 10.1. The van der Waals surface area contributed by atoms with Gasteiger partial charge in [0.05, 0.1) is 5.56 Å². The number of benzene rings is 1. The van der Waals surface area contributed by atoms with Gasteiger partial charge in [-0.2, -0.15) is 11.8 Å². The third kappa shape index (κ3) is 3.78. The van der Waals surface area contributed by atoms with Crippen LogP contribution in [0.1, 0.15) is 35.2 Å². The fourth-order valence-electron chi connectivity index (χ4n) is 2.26. The van der Waals surface area contributed by atoms with E-state index >= 15 is 0 Å². The van der Waals surface area contributed by atoms with Crippen molar-refractivity contribution in [2.45, 2.75) is 24.0 Å². The highest BCUT2D eigenvalue weighted by Crippen LogP contribution is 2.42. The van der Waals surface area contributed by atoms with Crippen LogP contribution in [0.5, 0.6) is 0 Å². The maximum atomic E-state index is 13.8. The van der Waals surface area contributed by atoms with E-state index < -0.39 is 5.82 Å². The van der Waals surface area contributed by atoms with Crippen LogP contribution in [-0.2, 0) is 0 Å². The molecule has 1 aliphatic rings. The van der Waals surface area contributed by atoms with Gasteiger partial charge < -0.3 is 10.4 Å². The van der Waals surface area contributed by atoms with Gasteiger partial charge in [-0.25, -0.2) is 4.39 Å². The van der Waals surface area contributed by atoms with Gasteiger partial charge in [-0.15, -0.1) is 0 Å². The van der Waals surface area contributed by atoms with E-state index in [0.29, 0.717) is 6.54 Å². The Labute approximate surface area is 128 Å². The maximum absolute atomic E-state index is 13.8. The van der Waals surface area contributed by atoms with Gasteiger partial charge in [-0.1, -0.05) is 18.3 Å². The third-order valence-corrected chi connectivity index (χ3v) is 5.22. The van der Waals surface area contributed by atoms with Gasteiger partial charge in [0.25, 0.3) is 5.91 Å². The molecule has 0 radical (unpaired) electrons. The van der Waals surface area contributed by atoms with Crippen molar-refractivity contribution in [2.24, 2.45) is 0 Å². The highest BCUT2D eigenvalue weighted by Gasteiger charge is 2.36. The van der Waals surface area contributed by atoms with Gasteiger partial charge >= 0.3 is 0 Å². The number of thioether (sulfide) groups is 1. The fourth-order valence-corrected chi connectivity index (χ4v) is 3.17. The van der Waals surface area contributed by atoms with E-state index in [1.54, 1.807) is 17.8 Å². The van der Waals surface area contributed by atoms with Crippen molar-refractivity contribution < 1.29 is 14.3 Å². The van der Waals surface area contributed by atoms with Crippen molar-refractivity contribution in [2.75, 3.05) is 19.4 Å². The topological polar surface area (TPSA) is 49.3 Å². The van der Waals surface area contributed by atoms with Crippen LogP contribution in [0.25, 0.3) is 0 Å². The van der Waals surface area contributed by atoms with Gasteiger partial charge in [0, 0.05) is 16.9 Å². The number of aliphatic hydroxyl groups excluding tert-OH is 1. The molecule has 0 aliphatic heterocycles. The molecule has 2 N–H and O–H groups in total. The number of aliphatic hydroxyl groups is 1. The second kappa shape index (κ2) is 6.97. The van der Waals surface area contributed by atoms with Crippen LogP contribution >= 0.6 is 11.8 Å². The SMILES string of the molecule is CSC1(CNC(=O)c2ccc(C#CCO)c(F)c2)CCC1. The summed E-state index contributed by atoms with van der Waals surface area (Å²) in [6.07, 6.45) is 5.47. The van der Waals surface area contributed by atoms with Gasteiger partial charge in [-0.05, 0) is 37.3 Å². The number of amides is 1. The molecule has 1 fully saturated rings. The molecule has 0 saturated heterocycles. The molecule has 112 valence electrons. The predicted molar refractivity (Wildman–Crippen MR) is 82.8 cm³/mol. The summed E-state index contributed by atoms with van der Waals surface area (Å²) in [6, 6.07) is 4.19. The molecule has 3 nitrogen and oxygen atoms in total. The lowest BCUT2D eigenvalue weighted by Crippen LogP contribution is -2.45. The van der Waals surface area contributed by atoms with E-state index in [1.165, 1.54) is 18.6 Å². The zero-order valence-electron chi connectivity index (χ0n) is 11.9. The van der Waals surface area contributed by atoms with E-state index in [0.717, 1.165) is 12.8 Å². The van der Waals surface area contributed by atoms with E-state index in [9.17, 15) is 9.18 Å². The third-order valence-electron chi connectivity index (χ3n) is 3.80. The Bertz CT molecular complexity index is 582. The van der Waals surface area contributed by atoms with Crippen LogP contribution in [-0.4, -0.2) is 35.2 Å². The van der Waals surface area contributed by atoms with Gasteiger partial charge in [-0.3, -0.25) is 4.79 Å². The highest BCUT2D eigenvalue weighted by molar-refractivity contribution is 8.00. The van der Waals surface area contributed by atoms with Crippen LogP contribution in [0, 0.1) is 17.7 Å². The standard InChI is InChI=1S/C16H18FNO2S/c1-21-16(7-3-8-16)11-18-15(20)13-6-5-12(4-2-9-19)14(17)10-13/h5-6,10,19H,3,7-9,11H2,1H3,(H,18,20). The monoisotopic (exact) mass is 307 g/mol. The summed E-state index contributed by atoms with van der Waals surface area (Å²) in [6.45, 7) is 0.291. The molecule has 1 aliphatic carbocycles. The summed E-state index contributed by atoms with van der Waals surface area (Å²) in [4.78, 5) is 12.1. The predicted octanol–water partition coefficient (Wildman–Crippen LogP) is 2.19. The van der Waals surface area contributed by atoms with Crippen LogP contribution in [0.3, 0.4) is 0 Å². The second-order valence-electron chi connectivity index (χ2n) is 5.08. The fraction of sp³-hybridized carbons (Fsp3) is 0.438. The Kier molecular flexibility index (Phi) is 5.27. The van der Waals surface area contributed by atoms with Gasteiger partial charge in [0.1, 0.15) is 12.4 Å². The molecule has 0 heterocycles. The Balaban J connectivity index is 2.01. The second-order valence-corrected chi connectivity index (χ2v) is 6.35. The van der Waals surface area contributed by atoms with Gasteiger partial charge in [0.15, 0.2) is 0 Å². The molecule has 1 amide bonds. The number of nitrogens with one attached hydrogen (secondary N) is 1. The van der Waals surface area contributed by atoms with Crippen molar-refractivity contribution in [1.82, 2.24) is 5.32 Å². The number of carbonyl (C=O) groups is 1. The lowest BCUT2D eigenvalue weighted by molar-refractivity contribution is 0.0943. The van der Waals surface area contributed by atoms with Crippen molar-refractivity contribution in [3.63, 3.8) is 0 Å². The smallest absolute Gasteiger partial charge is 0.251 e. The largest absolute Gasteiger partial charge is 0.384 e. The Morgan fingerprint density at radius 1 is 1.52 bits per heavy atom. The minimum absolute atomic E-state index is 0.154. The lowest BCUT2D eigenvalue weighted by atomic mass is 9.84. The molecule has 0 bridgehead atoms. The average molecular weight is 307 g/mol. The van der Waals surface area contributed by atoms with Crippen molar-refractivity contribution in [3.05, 3.63) is 35.1 Å². The van der Waals surface area contributed by atoms with Gasteiger partial charge in [0.2, 0.25) is 0 Å². The van der Waals surface area contributed by atoms with Crippen LogP contribution in [0.15, 0.2) is 18.2 Å². The first kappa shape index (κ1) is 15.9. The molecule has 5 heteroatoms. The first-order valence-electron chi connectivity index (χ1n) is 6.83. The van der Waals surface area contributed by atoms with Crippen LogP contribution < -0.4 is 5.32 Å². The molecule has 1 aromatic carbocycles. The first-order valence-corrected chi connectivity index (χ1v) is 8.05. The molecular formula is C16H18FNO2S. The van der Waals surface area contributed by atoms with E-state index in [-0.39, 0.29) is 28.4 Å². The molecule has 0 atom stereocenters. The molecule has 2 rings (SSSR count). The Morgan fingerprint density at radius 2 is 2.29 bits per heavy atom. The highest BCUT2D eigenvalue weighted by atomic mass is 32.2. The number of carbonyl (C=O) groups excluding carboxylic acids is 1. The van der Waals surface area contributed by atoms with E-state index in [1.807, 2.05) is 0 Å². The summed E-state index contributed by atoms with van der Waals surface area (Å²) < 4.78 is 13.9. The molecule has 0 spiro atoms. The van der Waals surface area contributed by atoms with Crippen LogP contribution in [0.2, 0.25) is 0 Å². The minimum atomic E-state index is -0.549. The van der Waals surface area contributed by atoms with E-state index in [2.05, 4.69) is 23.4 Å². The molecule has 1 aromatic rings. The summed E-state index contributed by atoms with van der Waals surface area (Å²) in [7, 11) is 0. The summed E-state index contributed by atoms with van der Waals surface area (Å²) in [5.41, 5.74) is 0.470. The zero-order chi connectivity index (χ0) is 15.3. The lowest BCUT2D eigenvalue weighted by Gasteiger charge is -2.40. The normalized spacial score (nSPS) is 15.6. The minimum Gasteiger partial charge on any atom is -0.384 e. The molecule has 21 heavy (non-hydrogen) atoms. The average Bonchev–Trinajstić information content (AvgIpc) is 2.45. The zero-order valence-corrected chi connectivity index (χ0v) is 12.7. The molecule has 0 unspecified atom stereocenters. The van der Waals surface area contributed by atoms with Crippen molar-refractivity contribution in [1.29, 1.82) is 0 Å². The Morgan fingerprint density at radius 3 is 2.81 bits per heavy atom. The molecule has 1 saturated carbocycles. The van der Waals surface area contributed by atoms with E-state index in [4.69, 9.17) is 5.11 Å².